The third kappa shape index (κ3) is 5.15. The molecule has 1 aromatic rings. The molecule has 8 heteroatoms. The summed E-state index contributed by atoms with van der Waals surface area (Å²) in [6.45, 7) is 0.732. The molecule has 114 valence electrons. The van der Waals surface area contributed by atoms with Crippen LogP contribution in [0.4, 0.5) is 4.39 Å². The number of nitrogens with one attached hydrogen (secondary N) is 1. The number of halogens is 1. The number of rotatable bonds is 5. The van der Waals surface area contributed by atoms with Crippen LogP contribution in [0.2, 0.25) is 0 Å². The Labute approximate surface area is 122 Å². The summed E-state index contributed by atoms with van der Waals surface area (Å²) in [6, 6.07) is 3.26. The van der Waals surface area contributed by atoms with Gasteiger partial charge in [0.1, 0.15) is 23.9 Å². The molecule has 0 saturated carbocycles. The third-order valence-electron chi connectivity index (χ3n) is 2.25. The van der Waals surface area contributed by atoms with Crippen LogP contribution in [-0.4, -0.2) is 39.3 Å². The van der Waals surface area contributed by atoms with E-state index in [1.807, 2.05) is 4.72 Å². The molecule has 0 atom stereocenters. The maximum atomic E-state index is 13.8. The van der Waals surface area contributed by atoms with Crippen LogP contribution in [0.25, 0.3) is 0 Å². The standard InChI is InChI=1S/C13H14FNO5S/c1-2-20-13(17)9-15-21(18,19)12-6-5-10(4-3-7-16)8-11(12)14/h5-6,8,15-16H,2,7,9H2,1H3. The second-order valence-electron chi connectivity index (χ2n) is 3.73. The molecule has 0 bridgehead atoms. The number of aliphatic hydroxyl groups is 1. The Kier molecular flexibility index (Phi) is 6.30. The van der Waals surface area contributed by atoms with Gasteiger partial charge < -0.3 is 9.84 Å². The number of carbonyl (C=O) groups is 1. The van der Waals surface area contributed by atoms with Gasteiger partial charge in [-0.15, -0.1) is 0 Å². The van der Waals surface area contributed by atoms with Crippen LogP contribution in [0.15, 0.2) is 23.1 Å². The average Bonchev–Trinajstić information content (AvgIpc) is 2.43. The van der Waals surface area contributed by atoms with Crippen LogP contribution >= 0.6 is 0 Å². The van der Waals surface area contributed by atoms with Gasteiger partial charge in [0.05, 0.1) is 6.61 Å². The van der Waals surface area contributed by atoms with Crippen molar-refractivity contribution in [1.29, 1.82) is 0 Å². The van der Waals surface area contributed by atoms with E-state index < -0.39 is 33.3 Å². The molecule has 0 aromatic heterocycles. The van der Waals surface area contributed by atoms with Crippen LogP contribution in [0.5, 0.6) is 0 Å². The molecule has 0 aliphatic carbocycles. The highest BCUT2D eigenvalue weighted by molar-refractivity contribution is 7.89. The minimum atomic E-state index is -4.16. The van der Waals surface area contributed by atoms with E-state index in [-0.39, 0.29) is 18.8 Å². The van der Waals surface area contributed by atoms with E-state index in [1.54, 1.807) is 6.92 Å². The fourth-order valence-corrected chi connectivity index (χ4v) is 2.41. The zero-order chi connectivity index (χ0) is 15.9. The van der Waals surface area contributed by atoms with Crippen molar-refractivity contribution in [1.82, 2.24) is 4.72 Å². The quantitative estimate of drug-likeness (QED) is 0.590. The van der Waals surface area contributed by atoms with Crippen molar-refractivity contribution in [2.24, 2.45) is 0 Å². The second kappa shape index (κ2) is 7.73. The summed E-state index contributed by atoms with van der Waals surface area (Å²) in [6.07, 6.45) is 0. The van der Waals surface area contributed by atoms with Crippen molar-refractivity contribution in [2.45, 2.75) is 11.8 Å². The van der Waals surface area contributed by atoms with Gasteiger partial charge >= 0.3 is 5.97 Å². The summed E-state index contributed by atoms with van der Waals surface area (Å²) in [4.78, 5) is 10.5. The van der Waals surface area contributed by atoms with Gasteiger partial charge in [-0.25, -0.2) is 12.8 Å². The first kappa shape index (κ1) is 17.1. The van der Waals surface area contributed by atoms with Gasteiger partial charge in [0.15, 0.2) is 0 Å². The summed E-state index contributed by atoms with van der Waals surface area (Å²) in [7, 11) is -4.16. The van der Waals surface area contributed by atoms with Crippen molar-refractivity contribution in [2.75, 3.05) is 19.8 Å². The molecule has 2 N–H and O–H groups in total. The highest BCUT2D eigenvalue weighted by Gasteiger charge is 2.20. The number of carbonyl (C=O) groups excluding carboxylic acids is 1. The topological polar surface area (TPSA) is 92.7 Å². The number of aliphatic hydroxyl groups excluding tert-OH is 1. The summed E-state index contributed by atoms with van der Waals surface area (Å²) in [5, 5.41) is 8.53. The van der Waals surface area contributed by atoms with E-state index in [1.165, 1.54) is 6.07 Å². The Balaban J connectivity index is 2.91. The first-order valence-electron chi connectivity index (χ1n) is 5.95. The predicted molar refractivity (Wildman–Crippen MR) is 72.2 cm³/mol. The summed E-state index contributed by atoms with van der Waals surface area (Å²) < 4.78 is 44.0. The lowest BCUT2D eigenvalue weighted by Gasteiger charge is -2.07. The van der Waals surface area contributed by atoms with Crippen molar-refractivity contribution in [3.63, 3.8) is 0 Å². The molecular weight excluding hydrogens is 301 g/mol. The van der Waals surface area contributed by atoms with Gasteiger partial charge in [-0.1, -0.05) is 11.8 Å². The van der Waals surface area contributed by atoms with Gasteiger partial charge in [0.2, 0.25) is 10.0 Å². The van der Waals surface area contributed by atoms with Crippen LogP contribution < -0.4 is 4.72 Å². The van der Waals surface area contributed by atoms with Gasteiger partial charge in [0, 0.05) is 5.56 Å². The second-order valence-corrected chi connectivity index (χ2v) is 5.47. The van der Waals surface area contributed by atoms with E-state index in [4.69, 9.17) is 5.11 Å². The first-order chi connectivity index (χ1) is 9.90. The van der Waals surface area contributed by atoms with Crippen molar-refractivity contribution in [3.8, 4) is 11.8 Å². The molecule has 0 aliphatic rings. The third-order valence-corrected chi connectivity index (χ3v) is 3.68. The van der Waals surface area contributed by atoms with E-state index in [0.717, 1.165) is 12.1 Å². The Bertz CT molecular complexity index is 676. The summed E-state index contributed by atoms with van der Waals surface area (Å²) in [5.41, 5.74) is 0.228. The zero-order valence-corrected chi connectivity index (χ0v) is 12.0. The van der Waals surface area contributed by atoms with Gasteiger partial charge in [-0.2, -0.15) is 4.72 Å². The molecule has 0 heterocycles. The van der Waals surface area contributed by atoms with Gasteiger partial charge in [-0.3, -0.25) is 4.79 Å². The number of benzene rings is 1. The van der Waals surface area contributed by atoms with Crippen LogP contribution in [0.1, 0.15) is 12.5 Å². The Hall–Kier alpha value is -1.95. The molecule has 0 fully saturated rings. The number of ether oxygens (including phenoxy) is 1. The van der Waals surface area contributed by atoms with E-state index >= 15 is 0 Å². The lowest BCUT2D eigenvalue weighted by Crippen LogP contribution is -2.31. The van der Waals surface area contributed by atoms with Crippen LogP contribution in [0.3, 0.4) is 0 Å². The van der Waals surface area contributed by atoms with E-state index in [9.17, 15) is 17.6 Å². The Morgan fingerprint density at radius 2 is 2.19 bits per heavy atom. The van der Waals surface area contributed by atoms with Gasteiger partial charge in [-0.05, 0) is 25.1 Å². The fourth-order valence-electron chi connectivity index (χ4n) is 1.38. The molecule has 21 heavy (non-hydrogen) atoms. The van der Waals surface area contributed by atoms with Crippen molar-refractivity contribution >= 4 is 16.0 Å². The SMILES string of the molecule is CCOC(=O)CNS(=O)(=O)c1ccc(C#CCO)cc1F. The van der Waals surface area contributed by atoms with E-state index in [0.29, 0.717) is 0 Å². The van der Waals surface area contributed by atoms with E-state index in [2.05, 4.69) is 16.6 Å². The minimum absolute atomic E-state index is 0.118. The number of esters is 1. The zero-order valence-electron chi connectivity index (χ0n) is 11.2. The van der Waals surface area contributed by atoms with Gasteiger partial charge in [0.25, 0.3) is 0 Å². The monoisotopic (exact) mass is 315 g/mol. The molecule has 0 radical (unpaired) electrons. The number of sulfonamides is 1. The molecule has 0 unspecified atom stereocenters. The average molecular weight is 315 g/mol. The Morgan fingerprint density at radius 1 is 1.48 bits per heavy atom. The maximum Gasteiger partial charge on any atom is 0.321 e. The highest BCUT2D eigenvalue weighted by atomic mass is 32.2. The maximum absolute atomic E-state index is 13.8. The molecule has 1 aromatic carbocycles. The van der Waals surface area contributed by atoms with Crippen molar-refractivity contribution in [3.05, 3.63) is 29.6 Å². The molecule has 0 aliphatic heterocycles. The first-order valence-corrected chi connectivity index (χ1v) is 7.43. The lowest BCUT2D eigenvalue weighted by atomic mass is 10.2. The van der Waals surface area contributed by atoms with Crippen LogP contribution in [-0.2, 0) is 19.6 Å². The minimum Gasteiger partial charge on any atom is -0.465 e. The fraction of sp³-hybridized carbons (Fsp3) is 0.308. The lowest BCUT2D eigenvalue weighted by molar-refractivity contribution is -0.141. The number of hydrogen-bond acceptors (Lipinski definition) is 5. The molecule has 0 spiro atoms. The summed E-state index contributed by atoms with van der Waals surface area (Å²) in [5.74, 6) is 3.01. The van der Waals surface area contributed by atoms with Crippen molar-refractivity contribution < 1.29 is 27.4 Å². The molecule has 0 saturated heterocycles. The molecule has 0 amide bonds. The summed E-state index contributed by atoms with van der Waals surface area (Å²) >= 11 is 0. The van der Waals surface area contributed by atoms with Crippen LogP contribution in [0, 0.1) is 17.7 Å². The largest absolute Gasteiger partial charge is 0.465 e. The predicted octanol–water partition coefficient (Wildman–Crippen LogP) is 0.0109. The Morgan fingerprint density at radius 3 is 2.76 bits per heavy atom. The molecular formula is C13H14FNO5S. The number of hydrogen-bond donors (Lipinski definition) is 2. The normalized spacial score (nSPS) is 10.6. The highest BCUT2D eigenvalue weighted by Crippen LogP contribution is 2.15. The molecule has 1 rings (SSSR count). The smallest absolute Gasteiger partial charge is 0.321 e. The molecule has 6 nitrogen and oxygen atoms in total.